The van der Waals surface area contributed by atoms with Crippen LogP contribution in [-0.4, -0.2) is 34.1 Å². The lowest BCUT2D eigenvalue weighted by Crippen LogP contribution is -2.17. The Morgan fingerprint density at radius 1 is 1.69 bits per heavy atom. The first kappa shape index (κ1) is 12.5. The van der Waals surface area contributed by atoms with Crippen molar-refractivity contribution in [2.24, 2.45) is 13.0 Å². The fourth-order valence-corrected chi connectivity index (χ4v) is 1.26. The van der Waals surface area contributed by atoms with Crippen molar-refractivity contribution in [2.75, 3.05) is 18.9 Å². The molecule has 0 spiro atoms. The number of aliphatic hydroxyl groups is 1. The Hall–Kier alpha value is -1.56. The van der Waals surface area contributed by atoms with E-state index in [4.69, 9.17) is 15.6 Å². The number of nitrogens with zero attached hydrogens (tertiary/aromatic N) is 2. The van der Waals surface area contributed by atoms with Crippen LogP contribution >= 0.6 is 0 Å². The van der Waals surface area contributed by atoms with Crippen LogP contribution in [0.1, 0.15) is 23.1 Å². The summed E-state index contributed by atoms with van der Waals surface area (Å²) < 4.78 is 6.42. The molecule has 0 aliphatic heterocycles. The molecule has 6 nitrogen and oxygen atoms in total. The summed E-state index contributed by atoms with van der Waals surface area (Å²) in [7, 11) is 1.63. The molecule has 1 rings (SSSR count). The first-order chi connectivity index (χ1) is 7.47. The summed E-state index contributed by atoms with van der Waals surface area (Å²) in [5.74, 6) is -0.597. The predicted molar refractivity (Wildman–Crippen MR) is 58.9 cm³/mol. The first-order valence-corrected chi connectivity index (χ1v) is 5.04. The van der Waals surface area contributed by atoms with Crippen LogP contribution in [0.4, 0.5) is 5.69 Å². The van der Waals surface area contributed by atoms with Crippen molar-refractivity contribution in [3.05, 3.63) is 11.4 Å². The molecule has 0 radical (unpaired) electrons. The average Bonchev–Trinajstić information content (AvgIpc) is 2.49. The third-order valence-electron chi connectivity index (χ3n) is 2.27. The third-order valence-corrected chi connectivity index (χ3v) is 2.27. The number of rotatable bonds is 4. The van der Waals surface area contributed by atoms with Crippen LogP contribution in [-0.2, 0) is 11.8 Å². The largest absolute Gasteiger partial charge is 0.461 e. The van der Waals surface area contributed by atoms with Gasteiger partial charge in [-0.3, -0.25) is 4.68 Å². The highest BCUT2D eigenvalue weighted by atomic mass is 16.5. The van der Waals surface area contributed by atoms with Crippen molar-refractivity contribution < 1.29 is 14.6 Å². The van der Waals surface area contributed by atoms with Crippen LogP contribution in [0.15, 0.2) is 0 Å². The smallest absolute Gasteiger partial charge is 0.358 e. The highest BCUT2D eigenvalue weighted by Gasteiger charge is 2.19. The van der Waals surface area contributed by atoms with Gasteiger partial charge in [-0.15, -0.1) is 0 Å². The van der Waals surface area contributed by atoms with Crippen molar-refractivity contribution in [1.82, 2.24) is 9.78 Å². The lowest BCUT2D eigenvalue weighted by atomic mass is 10.2. The molecule has 6 heteroatoms. The van der Waals surface area contributed by atoms with E-state index in [2.05, 4.69) is 5.10 Å². The minimum atomic E-state index is -0.513. The van der Waals surface area contributed by atoms with E-state index >= 15 is 0 Å². The van der Waals surface area contributed by atoms with E-state index in [1.54, 1.807) is 20.9 Å². The molecule has 0 aliphatic rings. The number of esters is 1. The summed E-state index contributed by atoms with van der Waals surface area (Å²) >= 11 is 0. The molecule has 1 unspecified atom stereocenters. The highest BCUT2D eigenvalue weighted by Crippen LogP contribution is 2.16. The van der Waals surface area contributed by atoms with Crippen LogP contribution in [0.25, 0.3) is 0 Å². The Morgan fingerprint density at radius 3 is 2.75 bits per heavy atom. The Bertz CT molecular complexity index is 387. The molecule has 0 aromatic carbocycles. The first-order valence-electron chi connectivity index (χ1n) is 5.04. The molecular weight excluding hydrogens is 210 g/mol. The Kier molecular flexibility index (Phi) is 3.89. The zero-order valence-electron chi connectivity index (χ0n) is 9.73. The molecule has 0 fully saturated rings. The van der Waals surface area contributed by atoms with Gasteiger partial charge >= 0.3 is 5.97 Å². The molecule has 1 heterocycles. The van der Waals surface area contributed by atoms with Crippen molar-refractivity contribution in [3.8, 4) is 0 Å². The molecule has 1 aromatic rings. The lowest BCUT2D eigenvalue weighted by Gasteiger charge is -2.09. The van der Waals surface area contributed by atoms with Crippen LogP contribution in [0.3, 0.4) is 0 Å². The Balaban J connectivity index is 2.73. The number of carbonyl (C=O) groups excluding carboxylic acids is 1. The summed E-state index contributed by atoms with van der Waals surface area (Å²) in [6, 6.07) is 0. The number of ether oxygens (including phenoxy) is 1. The molecular formula is C10H17N3O3. The molecule has 90 valence electrons. The molecule has 16 heavy (non-hydrogen) atoms. The second-order valence-electron chi connectivity index (χ2n) is 3.86. The van der Waals surface area contributed by atoms with Gasteiger partial charge in [-0.2, -0.15) is 5.10 Å². The summed E-state index contributed by atoms with van der Waals surface area (Å²) in [4.78, 5) is 11.7. The molecule has 1 atom stereocenters. The van der Waals surface area contributed by atoms with Crippen LogP contribution < -0.4 is 5.73 Å². The van der Waals surface area contributed by atoms with Gasteiger partial charge in [0.05, 0.1) is 18.0 Å². The number of anilines is 1. The van der Waals surface area contributed by atoms with Gasteiger partial charge in [0.2, 0.25) is 0 Å². The number of aromatic nitrogens is 2. The average molecular weight is 227 g/mol. The van der Waals surface area contributed by atoms with Crippen molar-refractivity contribution >= 4 is 11.7 Å². The summed E-state index contributed by atoms with van der Waals surface area (Å²) in [6.45, 7) is 3.65. The molecule has 1 aromatic heterocycles. The van der Waals surface area contributed by atoms with Crippen molar-refractivity contribution in [3.63, 3.8) is 0 Å². The van der Waals surface area contributed by atoms with E-state index in [9.17, 15) is 4.79 Å². The van der Waals surface area contributed by atoms with Crippen molar-refractivity contribution in [2.45, 2.75) is 13.8 Å². The second kappa shape index (κ2) is 4.98. The van der Waals surface area contributed by atoms with E-state index < -0.39 is 5.97 Å². The van der Waals surface area contributed by atoms with Crippen LogP contribution in [0, 0.1) is 12.8 Å². The monoisotopic (exact) mass is 227 g/mol. The second-order valence-corrected chi connectivity index (χ2v) is 3.86. The topological polar surface area (TPSA) is 90.4 Å². The molecule has 0 aliphatic carbocycles. The molecule has 0 saturated heterocycles. The SMILES string of the molecule is Cc1nn(C)c(C(=O)OCC(C)CO)c1N. The quantitative estimate of drug-likeness (QED) is 0.712. The highest BCUT2D eigenvalue weighted by molar-refractivity contribution is 5.93. The normalized spacial score (nSPS) is 12.5. The van der Waals surface area contributed by atoms with E-state index in [1.165, 1.54) is 4.68 Å². The fourth-order valence-electron chi connectivity index (χ4n) is 1.26. The molecule has 3 N–H and O–H groups in total. The van der Waals surface area contributed by atoms with E-state index in [0.717, 1.165) is 0 Å². The number of aliphatic hydroxyl groups excluding tert-OH is 1. The van der Waals surface area contributed by atoms with E-state index in [-0.39, 0.29) is 24.8 Å². The summed E-state index contributed by atoms with van der Waals surface area (Å²) in [6.07, 6.45) is 0. The number of hydrogen-bond donors (Lipinski definition) is 2. The minimum absolute atomic E-state index is 0.0207. The maximum absolute atomic E-state index is 11.7. The minimum Gasteiger partial charge on any atom is -0.461 e. The number of carbonyl (C=O) groups is 1. The van der Waals surface area contributed by atoms with Gasteiger partial charge in [-0.25, -0.2) is 4.79 Å². The van der Waals surface area contributed by atoms with Crippen LogP contribution in [0.2, 0.25) is 0 Å². The van der Waals surface area contributed by atoms with Gasteiger partial charge in [0.1, 0.15) is 0 Å². The van der Waals surface area contributed by atoms with Gasteiger partial charge in [-0.05, 0) is 6.92 Å². The third kappa shape index (κ3) is 2.52. The van der Waals surface area contributed by atoms with Gasteiger partial charge in [0.15, 0.2) is 5.69 Å². The number of nitrogens with two attached hydrogens (primary N) is 1. The van der Waals surface area contributed by atoms with E-state index in [1.807, 2.05) is 0 Å². The van der Waals surface area contributed by atoms with Gasteiger partial charge in [0.25, 0.3) is 0 Å². The maximum atomic E-state index is 11.7. The number of aryl methyl sites for hydroxylation is 2. The zero-order chi connectivity index (χ0) is 12.3. The molecule has 0 bridgehead atoms. The van der Waals surface area contributed by atoms with Gasteiger partial charge in [0, 0.05) is 19.6 Å². The Morgan fingerprint density at radius 2 is 2.31 bits per heavy atom. The lowest BCUT2D eigenvalue weighted by molar-refractivity contribution is 0.0394. The van der Waals surface area contributed by atoms with Crippen molar-refractivity contribution in [1.29, 1.82) is 0 Å². The number of nitrogen functional groups attached to an aromatic ring is 1. The van der Waals surface area contributed by atoms with Gasteiger partial charge < -0.3 is 15.6 Å². The Labute approximate surface area is 94.0 Å². The summed E-state index contributed by atoms with van der Waals surface area (Å²) in [5, 5.41) is 12.8. The zero-order valence-corrected chi connectivity index (χ0v) is 9.73. The van der Waals surface area contributed by atoms with Crippen LogP contribution in [0.5, 0.6) is 0 Å². The number of hydrogen-bond acceptors (Lipinski definition) is 5. The molecule has 0 saturated carbocycles. The van der Waals surface area contributed by atoms with Gasteiger partial charge in [-0.1, -0.05) is 6.92 Å². The predicted octanol–water partition coefficient (Wildman–Crippen LogP) is 0.0959. The molecule has 0 amide bonds. The maximum Gasteiger partial charge on any atom is 0.358 e. The summed E-state index contributed by atoms with van der Waals surface area (Å²) in [5.41, 5.74) is 6.90. The van der Waals surface area contributed by atoms with E-state index in [0.29, 0.717) is 11.4 Å². The standard InChI is InChI=1S/C10H17N3O3/c1-6(4-14)5-16-10(15)9-8(11)7(2)12-13(9)3/h6,14H,4-5,11H2,1-3H3. The fraction of sp³-hybridized carbons (Fsp3) is 0.600.